The molecule has 2 aromatic carbocycles. The highest BCUT2D eigenvalue weighted by atomic mass is 16.5. The van der Waals surface area contributed by atoms with Gasteiger partial charge in [-0.25, -0.2) is 0 Å². The Balaban J connectivity index is 1.51. The minimum Gasteiger partial charge on any atom is -0.378 e. The highest BCUT2D eigenvalue weighted by Gasteiger charge is 2.10. The van der Waals surface area contributed by atoms with Gasteiger partial charge in [0.25, 0.3) is 0 Å². The lowest BCUT2D eigenvalue weighted by molar-refractivity contribution is 0.122. The number of nitrogens with zero attached hydrogens (tertiary/aromatic N) is 2. The molecule has 2 aromatic rings. The standard InChI is InChI=1S/C19H21N3O/c20-13-17-2-1-3-18(12-17)15-21-14-16-4-6-19(7-5-16)22-8-10-23-11-9-22/h1-7,12,21H,8-11,14-15H2. The van der Waals surface area contributed by atoms with Gasteiger partial charge in [0.1, 0.15) is 0 Å². The van der Waals surface area contributed by atoms with Crippen molar-refractivity contribution in [3.05, 3.63) is 65.2 Å². The summed E-state index contributed by atoms with van der Waals surface area (Å²) in [7, 11) is 0. The monoisotopic (exact) mass is 307 g/mol. The van der Waals surface area contributed by atoms with Crippen molar-refractivity contribution >= 4 is 5.69 Å². The number of rotatable bonds is 5. The molecule has 0 aromatic heterocycles. The van der Waals surface area contributed by atoms with Crippen LogP contribution in [0.4, 0.5) is 5.69 Å². The van der Waals surface area contributed by atoms with E-state index in [0.29, 0.717) is 5.56 Å². The summed E-state index contributed by atoms with van der Waals surface area (Å²) in [4.78, 5) is 2.36. The van der Waals surface area contributed by atoms with Crippen molar-refractivity contribution in [1.29, 1.82) is 5.26 Å². The van der Waals surface area contributed by atoms with E-state index in [4.69, 9.17) is 10.00 Å². The zero-order chi connectivity index (χ0) is 15.9. The first-order valence-corrected chi connectivity index (χ1v) is 7.96. The van der Waals surface area contributed by atoms with Crippen LogP contribution in [-0.4, -0.2) is 26.3 Å². The fourth-order valence-corrected chi connectivity index (χ4v) is 2.75. The summed E-state index contributed by atoms with van der Waals surface area (Å²) in [5.74, 6) is 0. The number of benzene rings is 2. The average Bonchev–Trinajstić information content (AvgIpc) is 2.63. The molecule has 1 heterocycles. The fourth-order valence-electron chi connectivity index (χ4n) is 2.75. The largest absolute Gasteiger partial charge is 0.378 e. The topological polar surface area (TPSA) is 48.3 Å². The van der Waals surface area contributed by atoms with Gasteiger partial charge in [0.15, 0.2) is 0 Å². The van der Waals surface area contributed by atoms with Crippen LogP contribution in [0.25, 0.3) is 0 Å². The Morgan fingerprint density at radius 2 is 1.74 bits per heavy atom. The predicted octanol–water partition coefficient (Wildman–Crippen LogP) is 2.68. The van der Waals surface area contributed by atoms with Crippen LogP contribution in [0, 0.1) is 11.3 Å². The van der Waals surface area contributed by atoms with Crippen molar-refractivity contribution in [1.82, 2.24) is 5.32 Å². The van der Waals surface area contributed by atoms with Crippen LogP contribution in [0.2, 0.25) is 0 Å². The van der Waals surface area contributed by atoms with Crippen LogP contribution >= 0.6 is 0 Å². The van der Waals surface area contributed by atoms with E-state index in [1.54, 1.807) is 0 Å². The average molecular weight is 307 g/mol. The Hall–Kier alpha value is -2.35. The molecule has 3 rings (SSSR count). The van der Waals surface area contributed by atoms with E-state index < -0.39 is 0 Å². The van der Waals surface area contributed by atoms with Gasteiger partial charge >= 0.3 is 0 Å². The molecule has 0 unspecified atom stereocenters. The summed E-state index contributed by atoms with van der Waals surface area (Å²) in [6, 6.07) is 18.6. The molecule has 0 radical (unpaired) electrons. The van der Waals surface area contributed by atoms with Crippen LogP contribution < -0.4 is 10.2 Å². The minimum absolute atomic E-state index is 0.708. The predicted molar refractivity (Wildman–Crippen MR) is 91.2 cm³/mol. The minimum atomic E-state index is 0.708. The fraction of sp³-hybridized carbons (Fsp3) is 0.316. The highest BCUT2D eigenvalue weighted by Crippen LogP contribution is 2.16. The quantitative estimate of drug-likeness (QED) is 0.922. The first kappa shape index (κ1) is 15.5. The summed E-state index contributed by atoms with van der Waals surface area (Å²) in [6.07, 6.45) is 0. The summed E-state index contributed by atoms with van der Waals surface area (Å²) < 4.78 is 5.38. The SMILES string of the molecule is N#Cc1cccc(CNCc2ccc(N3CCOCC3)cc2)c1. The molecule has 23 heavy (non-hydrogen) atoms. The molecule has 0 spiro atoms. The second-order valence-corrected chi connectivity index (χ2v) is 5.68. The van der Waals surface area contributed by atoms with Gasteiger partial charge in [-0.3, -0.25) is 0 Å². The zero-order valence-electron chi connectivity index (χ0n) is 13.2. The van der Waals surface area contributed by atoms with E-state index in [1.807, 2.05) is 24.3 Å². The molecule has 118 valence electrons. The van der Waals surface area contributed by atoms with Crippen LogP contribution in [0.3, 0.4) is 0 Å². The summed E-state index contributed by atoms with van der Waals surface area (Å²) in [6.45, 7) is 5.14. The normalized spacial score (nSPS) is 14.5. The van der Waals surface area contributed by atoms with Crippen LogP contribution in [0.15, 0.2) is 48.5 Å². The van der Waals surface area contributed by atoms with E-state index in [2.05, 4.69) is 40.6 Å². The van der Waals surface area contributed by atoms with Gasteiger partial charge in [-0.05, 0) is 35.4 Å². The van der Waals surface area contributed by atoms with Gasteiger partial charge in [-0.1, -0.05) is 24.3 Å². The number of morpholine rings is 1. The Morgan fingerprint density at radius 3 is 2.48 bits per heavy atom. The molecule has 0 aliphatic carbocycles. The lowest BCUT2D eigenvalue weighted by atomic mass is 10.1. The lowest BCUT2D eigenvalue weighted by Gasteiger charge is -2.28. The molecule has 1 N–H and O–H groups in total. The smallest absolute Gasteiger partial charge is 0.0991 e. The zero-order valence-corrected chi connectivity index (χ0v) is 13.2. The van der Waals surface area contributed by atoms with Crippen LogP contribution in [-0.2, 0) is 17.8 Å². The van der Waals surface area contributed by atoms with Crippen molar-refractivity contribution in [2.75, 3.05) is 31.2 Å². The first-order chi connectivity index (χ1) is 11.3. The van der Waals surface area contributed by atoms with Crippen molar-refractivity contribution in [3.63, 3.8) is 0 Å². The molecule has 0 amide bonds. The van der Waals surface area contributed by atoms with Crippen molar-refractivity contribution in [3.8, 4) is 6.07 Å². The Labute approximate surface area is 137 Å². The number of nitrogens with one attached hydrogen (secondary N) is 1. The summed E-state index contributed by atoms with van der Waals surface area (Å²) in [5.41, 5.74) is 4.37. The third kappa shape index (κ3) is 4.32. The molecule has 1 aliphatic heterocycles. The van der Waals surface area contributed by atoms with Gasteiger partial charge in [0.05, 0.1) is 24.8 Å². The van der Waals surface area contributed by atoms with Crippen LogP contribution in [0.1, 0.15) is 16.7 Å². The third-order valence-electron chi connectivity index (χ3n) is 4.03. The molecular weight excluding hydrogens is 286 g/mol. The number of anilines is 1. The summed E-state index contributed by atoms with van der Waals surface area (Å²) in [5, 5.41) is 12.3. The van der Waals surface area contributed by atoms with Crippen molar-refractivity contribution in [2.24, 2.45) is 0 Å². The van der Waals surface area contributed by atoms with Gasteiger partial charge in [0, 0.05) is 31.9 Å². The molecular formula is C19H21N3O. The van der Waals surface area contributed by atoms with E-state index in [-0.39, 0.29) is 0 Å². The number of nitriles is 1. The maximum absolute atomic E-state index is 8.92. The van der Waals surface area contributed by atoms with Crippen LogP contribution in [0.5, 0.6) is 0 Å². The van der Waals surface area contributed by atoms with Crippen molar-refractivity contribution < 1.29 is 4.74 Å². The Kier molecular flexibility index (Phi) is 5.25. The molecule has 0 saturated carbocycles. The van der Waals surface area contributed by atoms with E-state index in [0.717, 1.165) is 45.0 Å². The van der Waals surface area contributed by atoms with Crippen molar-refractivity contribution in [2.45, 2.75) is 13.1 Å². The lowest BCUT2D eigenvalue weighted by Crippen LogP contribution is -2.36. The maximum Gasteiger partial charge on any atom is 0.0991 e. The van der Waals surface area contributed by atoms with E-state index in [9.17, 15) is 0 Å². The second-order valence-electron chi connectivity index (χ2n) is 5.68. The number of hydrogen-bond acceptors (Lipinski definition) is 4. The Bertz CT molecular complexity index is 670. The summed E-state index contributed by atoms with van der Waals surface area (Å²) >= 11 is 0. The van der Waals surface area contributed by atoms with Gasteiger partial charge in [0.2, 0.25) is 0 Å². The number of ether oxygens (including phenoxy) is 1. The van der Waals surface area contributed by atoms with Gasteiger partial charge in [-0.15, -0.1) is 0 Å². The maximum atomic E-state index is 8.92. The van der Waals surface area contributed by atoms with Gasteiger partial charge in [-0.2, -0.15) is 5.26 Å². The first-order valence-electron chi connectivity index (χ1n) is 7.96. The van der Waals surface area contributed by atoms with E-state index >= 15 is 0 Å². The third-order valence-corrected chi connectivity index (χ3v) is 4.03. The molecule has 4 heteroatoms. The Morgan fingerprint density at radius 1 is 1.00 bits per heavy atom. The second kappa shape index (κ2) is 7.77. The molecule has 1 saturated heterocycles. The number of hydrogen-bond donors (Lipinski definition) is 1. The molecule has 1 fully saturated rings. The molecule has 0 bridgehead atoms. The van der Waals surface area contributed by atoms with Gasteiger partial charge < -0.3 is 15.0 Å². The molecule has 0 atom stereocenters. The molecule has 4 nitrogen and oxygen atoms in total. The molecule has 1 aliphatic rings. The highest BCUT2D eigenvalue weighted by molar-refractivity contribution is 5.47. The van der Waals surface area contributed by atoms with E-state index in [1.165, 1.54) is 11.3 Å².